The van der Waals surface area contributed by atoms with E-state index in [2.05, 4.69) is 26.2 Å². The molecule has 1 heterocycles. The summed E-state index contributed by atoms with van der Waals surface area (Å²) >= 11 is 3.32. The summed E-state index contributed by atoms with van der Waals surface area (Å²) in [6.45, 7) is 0. The Morgan fingerprint density at radius 2 is 1.95 bits per heavy atom. The molecular formula is C15H13BrN2O3. The number of hydrogen-bond donors (Lipinski definition) is 2. The van der Waals surface area contributed by atoms with E-state index < -0.39 is 12.0 Å². The van der Waals surface area contributed by atoms with E-state index in [1.807, 2.05) is 0 Å². The number of pyridine rings is 1. The molecule has 2 N–H and O–H groups in total. The summed E-state index contributed by atoms with van der Waals surface area (Å²) in [5.41, 5.74) is 1.13. The first-order valence-corrected chi connectivity index (χ1v) is 7.03. The second-order valence-corrected chi connectivity index (χ2v) is 5.33. The summed E-state index contributed by atoms with van der Waals surface area (Å²) in [5, 5.41) is 11.7. The first-order valence-electron chi connectivity index (χ1n) is 6.24. The average Bonchev–Trinajstić information content (AvgIpc) is 2.48. The molecule has 0 unspecified atom stereocenters. The van der Waals surface area contributed by atoms with Crippen molar-refractivity contribution in [2.45, 2.75) is 12.5 Å². The molecule has 6 heteroatoms. The van der Waals surface area contributed by atoms with Gasteiger partial charge in [-0.15, -0.1) is 0 Å². The zero-order valence-corrected chi connectivity index (χ0v) is 12.6. The molecule has 0 aliphatic heterocycles. The molecule has 0 bridgehead atoms. The van der Waals surface area contributed by atoms with Crippen molar-refractivity contribution in [3.05, 3.63) is 64.4 Å². The highest BCUT2D eigenvalue weighted by molar-refractivity contribution is 9.10. The van der Waals surface area contributed by atoms with Gasteiger partial charge in [0.1, 0.15) is 0 Å². The van der Waals surface area contributed by atoms with Crippen molar-refractivity contribution in [2.24, 2.45) is 0 Å². The molecule has 0 radical (unpaired) electrons. The van der Waals surface area contributed by atoms with Crippen LogP contribution in [0.2, 0.25) is 0 Å². The van der Waals surface area contributed by atoms with Crippen molar-refractivity contribution < 1.29 is 14.7 Å². The summed E-state index contributed by atoms with van der Waals surface area (Å²) in [4.78, 5) is 27.0. The second-order valence-electron chi connectivity index (χ2n) is 4.42. The van der Waals surface area contributed by atoms with Gasteiger partial charge in [-0.3, -0.25) is 14.6 Å². The molecule has 0 fully saturated rings. The zero-order valence-electron chi connectivity index (χ0n) is 11.0. The Morgan fingerprint density at radius 3 is 2.52 bits per heavy atom. The minimum absolute atomic E-state index is 0.187. The molecule has 2 rings (SSSR count). The number of carboxylic acid groups (broad SMARTS) is 1. The Hall–Kier alpha value is -2.21. The van der Waals surface area contributed by atoms with Crippen LogP contribution < -0.4 is 5.32 Å². The van der Waals surface area contributed by atoms with E-state index in [-0.39, 0.29) is 12.3 Å². The van der Waals surface area contributed by atoms with E-state index >= 15 is 0 Å². The highest BCUT2D eigenvalue weighted by Gasteiger charge is 2.18. The molecular weight excluding hydrogens is 336 g/mol. The van der Waals surface area contributed by atoms with Crippen molar-refractivity contribution in [1.82, 2.24) is 10.3 Å². The standard InChI is InChI=1S/C15H13BrN2O3/c16-12-5-3-10(4-6-12)13(8-14(19)20)18-15(21)11-2-1-7-17-9-11/h1-7,9,13H,8H2,(H,18,21)(H,19,20)/t13-/m0/s1. The van der Waals surface area contributed by atoms with E-state index in [0.717, 1.165) is 10.0 Å². The van der Waals surface area contributed by atoms with Crippen LogP contribution in [0, 0.1) is 0 Å². The summed E-state index contributed by atoms with van der Waals surface area (Å²) in [5.74, 6) is -1.33. The predicted molar refractivity (Wildman–Crippen MR) is 80.8 cm³/mol. The Bertz CT molecular complexity index is 629. The fourth-order valence-corrected chi connectivity index (χ4v) is 2.12. The fourth-order valence-electron chi connectivity index (χ4n) is 1.86. The van der Waals surface area contributed by atoms with Crippen LogP contribution in [-0.2, 0) is 4.79 Å². The zero-order chi connectivity index (χ0) is 15.2. The van der Waals surface area contributed by atoms with Gasteiger partial charge in [0, 0.05) is 16.9 Å². The van der Waals surface area contributed by atoms with Crippen LogP contribution in [0.3, 0.4) is 0 Å². The fraction of sp³-hybridized carbons (Fsp3) is 0.133. The number of halogens is 1. The van der Waals surface area contributed by atoms with Crippen molar-refractivity contribution in [3.8, 4) is 0 Å². The number of benzene rings is 1. The Balaban J connectivity index is 2.18. The van der Waals surface area contributed by atoms with Crippen LogP contribution in [0.1, 0.15) is 28.4 Å². The quantitative estimate of drug-likeness (QED) is 0.870. The Labute approximate surface area is 130 Å². The molecule has 0 aliphatic rings. The third-order valence-electron chi connectivity index (χ3n) is 2.88. The van der Waals surface area contributed by atoms with Crippen LogP contribution in [0.4, 0.5) is 0 Å². The minimum atomic E-state index is -0.977. The monoisotopic (exact) mass is 348 g/mol. The summed E-state index contributed by atoms with van der Waals surface area (Å²) in [6, 6.07) is 9.86. The number of hydrogen-bond acceptors (Lipinski definition) is 3. The number of aromatic nitrogens is 1. The third-order valence-corrected chi connectivity index (χ3v) is 3.41. The Morgan fingerprint density at radius 1 is 1.24 bits per heavy atom. The largest absolute Gasteiger partial charge is 0.481 e. The molecule has 1 aromatic carbocycles. The predicted octanol–water partition coefficient (Wildman–Crippen LogP) is 2.79. The highest BCUT2D eigenvalue weighted by atomic mass is 79.9. The van der Waals surface area contributed by atoms with Crippen LogP contribution in [-0.4, -0.2) is 22.0 Å². The molecule has 2 aromatic rings. The van der Waals surface area contributed by atoms with Crippen molar-refractivity contribution in [2.75, 3.05) is 0 Å². The van der Waals surface area contributed by atoms with E-state index in [0.29, 0.717) is 5.56 Å². The van der Waals surface area contributed by atoms with E-state index in [4.69, 9.17) is 5.11 Å². The molecule has 1 aromatic heterocycles. The van der Waals surface area contributed by atoms with Gasteiger partial charge in [-0.2, -0.15) is 0 Å². The van der Waals surface area contributed by atoms with Gasteiger partial charge in [-0.25, -0.2) is 0 Å². The number of nitrogens with one attached hydrogen (secondary N) is 1. The van der Waals surface area contributed by atoms with Gasteiger partial charge in [-0.05, 0) is 29.8 Å². The maximum Gasteiger partial charge on any atom is 0.305 e. The first kappa shape index (κ1) is 15.2. The van der Waals surface area contributed by atoms with Gasteiger partial charge in [0.05, 0.1) is 18.0 Å². The lowest BCUT2D eigenvalue weighted by Gasteiger charge is -2.17. The normalized spacial score (nSPS) is 11.7. The van der Waals surface area contributed by atoms with Gasteiger partial charge in [0.25, 0.3) is 5.91 Å². The second kappa shape index (κ2) is 6.99. The topological polar surface area (TPSA) is 79.3 Å². The van der Waals surface area contributed by atoms with Crippen molar-refractivity contribution in [1.29, 1.82) is 0 Å². The van der Waals surface area contributed by atoms with Crippen molar-refractivity contribution >= 4 is 27.8 Å². The van der Waals surface area contributed by atoms with E-state index in [1.54, 1.807) is 42.6 Å². The molecule has 0 aliphatic carbocycles. The van der Waals surface area contributed by atoms with Crippen LogP contribution >= 0.6 is 15.9 Å². The first-order chi connectivity index (χ1) is 10.1. The van der Waals surface area contributed by atoms with E-state index in [9.17, 15) is 9.59 Å². The van der Waals surface area contributed by atoms with Gasteiger partial charge in [-0.1, -0.05) is 28.1 Å². The molecule has 0 saturated heterocycles. The lowest BCUT2D eigenvalue weighted by atomic mass is 10.0. The van der Waals surface area contributed by atoms with Gasteiger partial charge in [0.15, 0.2) is 0 Å². The lowest BCUT2D eigenvalue weighted by molar-refractivity contribution is -0.137. The van der Waals surface area contributed by atoms with Crippen LogP contribution in [0.5, 0.6) is 0 Å². The average molecular weight is 349 g/mol. The van der Waals surface area contributed by atoms with Crippen molar-refractivity contribution in [3.63, 3.8) is 0 Å². The van der Waals surface area contributed by atoms with Gasteiger partial charge < -0.3 is 10.4 Å². The van der Waals surface area contributed by atoms with Gasteiger partial charge >= 0.3 is 5.97 Å². The number of aliphatic carboxylic acids is 1. The number of rotatable bonds is 5. The molecule has 21 heavy (non-hydrogen) atoms. The van der Waals surface area contributed by atoms with E-state index in [1.165, 1.54) is 6.20 Å². The number of nitrogens with zero attached hydrogens (tertiary/aromatic N) is 1. The van der Waals surface area contributed by atoms with Crippen LogP contribution in [0.25, 0.3) is 0 Å². The number of carboxylic acids is 1. The number of carbonyl (C=O) groups is 2. The molecule has 0 spiro atoms. The summed E-state index contributed by atoms with van der Waals surface area (Å²) < 4.78 is 0.888. The molecule has 0 saturated carbocycles. The molecule has 5 nitrogen and oxygen atoms in total. The van der Waals surface area contributed by atoms with Crippen LogP contribution in [0.15, 0.2) is 53.3 Å². The Kier molecular flexibility index (Phi) is 5.05. The SMILES string of the molecule is O=C(O)C[C@H](NC(=O)c1cccnc1)c1ccc(Br)cc1. The highest BCUT2D eigenvalue weighted by Crippen LogP contribution is 2.20. The summed E-state index contributed by atoms with van der Waals surface area (Å²) in [7, 11) is 0. The lowest BCUT2D eigenvalue weighted by Crippen LogP contribution is -2.30. The molecule has 1 atom stereocenters. The maximum absolute atomic E-state index is 12.1. The van der Waals surface area contributed by atoms with Gasteiger partial charge in [0.2, 0.25) is 0 Å². The molecule has 1 amide bonds. The number of amides is 1. The minimum Gasteiger partial charge on any atom is -0.481 e. The maximum atomic E-state index is 12.1. The smallest absolute Gasteiger partial charge is 0.305 e. The number of carbonyl (C=O) groups excluding carboxylic acids is 1. The third kappa shape index (κ3) is 4.39. The molecule has 108 valence electrons. The summed E-state index contributed by atoms with van der Waals surface area (Å²) in [6.07, 6.45) is 2.82.